The SMILES string of the molecule is CC(C)(C)C(=O)NCC(=O)NC[C@H]1CCCO1. The molecule has 5 nitrogen and oxygen atoms in total. The molecule has 1 heterocycles. The van der Waals surface area contributed by atoms with E-state index in [0.717, 1.165) is 19.4 Å². The van der Waals surface area contributed by atoms with E-state index in [9.17, 15) is 9.59 Å². The molecule has 17 heavy (non-hydrogen) atoms. The molecule has 1 saturated heterocycles. The monoisotopic (exact) mass is 242 g/mol. The molecule has 0 unspecified atom stereocenters. The van der Waals surface area contributed by atoms with Gasteiger partial charge in [-0.2, -0.15) is 0 Å². The first-order valence-electron chi connectivity index (χ1n) is 6.06. The van der Waals surface area contributed by atoms with Crippen LogP contribution in [0.4, 0.5) is 0 Å². The van der Waals surface area contributed by atoms with Crippen LogP contribution in [0.1, 0.15) is 33.6 Å². The molecule has 0 aromatic rings. The summed E-state index contributed by atoms with van der Waals surface area (Å²) in [6, 6.07) is 0. The molecule has 1 atom stereocenters. The van der Waals surface area contributed by atoms with Crippen molar-refractivity contribution < 1.29 is 14.3 Å². The Kier molecular flexibility index (Phi) is 4.93. The molecule has 1 aliphatic heterocycles. The van der Waals surface area contributed by atoms with Crippen LogP contribution in [0.2, 0.25) is 0 Å². The summed E-state index contributed by atoms with van der Waals surface area (Å²) in [6.07, 6.45) is 2.19. The third-order valence-corrected chi connectivity index (χ3v) is 2.64. The van der Waals surface area contributed by atoms with Gasteiger partial charge in [-0.1, -0.05) is 20.8 Å². The normalized spacial score (nSPS) is 20.1. The van der Waals surface area contributed by atoms with Crippen LogP contribution in [0, 0.1) is 5.41 Å². The lowest BCUT2D eigenvalue weighted by molar-refractivity contribution is -0.131. The zero-order valence-corrected chi connectivity index (χ0v) is 10.8. The van der Waals surface area contributed by atoms with E-state index in [1.165, 1.54) is 0 Å². The maximum atomic E-state index is 11.5. The van der Waals surface area contributed by atoms with E-state index in [4.69, 9.17) is 4.74 Å². The summed E-state index contributed by atoms with van der Waals surface area (Å²) in [4.78, 5) is 23.0. The van der Waals surface area contributed by atoms with E-state index >= 15 is 0 Å². The van der Waals surface area contributed by atoms with Crippen LogP contribution in [0.25, 0.3) is 0 Å². The van der Waals surface area contributed by atoms with Crippen LogP contribution < -0.4 is 10.6 Å². The van der Waals surface area contributed by atoms with Gasteiger partial charge in [0.25, 0.3) is 0 Å². The molecule has 98 valence electrons. The summed E-state index contributed by atoms with van der Waals surface area (Å²) in [5.41, 5.74) is -0.463. The Morgan fingerprint density at radius 1 is 1.29 bits per heavy atom. The predicted octanol–water partition coefficient (Wildman–Crippen LogP) is 0.444. The molecule has 0 spiro atoms. The summed E-state index contributed by atoms with van der Waals surface area (Å²) in [7, 11) is 0. The van der Waals surface area contributed by atoms with E-state index in [1.807, 2.05) is 20.8 Å². The summed E-state index contributed by atoms with van der Waals surface area (Å²) in [5, 5.41) is 5.36. The van der Waals surface area contributed by atoms with Crippen molar-refractivity contribution in [2.45, 2.75) is 39.7 Å². The van der Waals surface area contributed by atoms with Crippen molar-refractivity contribution >= 4 is 11.8 Å². The van der Waals surface area contributed by atoms with Gasteiger partial charge in [-0.15, -0.1) is 0 Å². The molecule has 0 radical (unpaired) electrons. The molecular formula is C12H22N2O3. The molecule has 1 rings (SSSR count). The van der Waals surface area contributed by atoms with Crippen LogP contribution in [0.3, 0.4) is 0 Å². The highest BCUT2D eigenvalue weighted by atomic mass is 16.5. The number of ether oxygens (including phenoxy) is 1. The van der Waals surface area contributed by atoms with Crippen LogP contribution in [-0.2, 0) is 14.3 Å². The second-order valence-electron chi connectivity index (χ2n) is 5.37. The molecule has 0 bridgehead atoms. The second kappa shape index (κ2) is 6.00. The van der Waals surface area contributed by atoms with Gasteiger partial charge in [0.05, 0.1) is 12.6 Å². The quantitative estimate of drug-likeness (QED) is 0.752. The van der Waals surface area contributed by atoms with Crippen LogP contribution in [0.5, 0.6) is 0 Å². The van der Waals surface area contributed by atoms with Gasteiger partial charge < -0.3 is 15.4 Å². The fourth-order valence-electron chi connectivity index (χ4n) is 1.52. The van der Waals surface area contributed by atoms with Gasteiger partial charge in [-0.05, 0) is 12.8 Å². The van der Waals surface area contributed by atoms with Gasteiger partial charge in [0.2, 0.25) is 11.8 Å². The van der Waals surface area contributed by atoms with Crippen molar-refractivity contribution in [3.8, 4) is 0 Å². The Bertz CT molecular complexity index is 278. The molecule has 5 heteroatoms. The number of rotatable bonds is 4. The lowest BCUT2D eigenvalue weighted by Gasteiger charge is -2.17. The highest BCUT2D eigenvalue weighted by Gasteiger charge is 2.21. The Balaban J connectivity index is 2.14. The summed E-state index contributed by atoms with van der Waals surface area (Å²) in [6.45, 7) is 6.78. The summed E-state index contributed by atoms with van der Waals surface area (Å²) >= 11 is 0. The van der Waals surface area contributed by atoms with Crippen molar-refractivity contribution in [2.75, 3.05) is 19.7 Å². The third kappa shape index (κ3) is 5.17. The van der Waals surface area contributed by atoms with Crippen molar-refractivity contribution in [1.29, 1.82) is 0 Å². The van der Waals surface area contributed by atoms with Gasteiger partial charge in [0.15, 0.2) is 0 Å². The lowest BCUT2D eigenvalue weighted by Crippen LogP contribution is -2.43. The highest BCUT2D eigenvalue weighted by molar-refractivity contribution is 5.87. The predicted molar refractivity (Wildman–Crippen MR) is 64.4 cm³/mol. The highest BCUT2D eigenvalue weighted by Crippen LogP contribution is 2.12. The Labute approximate surface area is 102 Å². The van der Waals surface area contributed by atoms with E-state index < -0.39 is 5.41 Å². The summed E-state index contributed by atoms with van der Waals surface area (Å²) in [5.74, 6) is -0.289. The van der Waals surface area contributed by atoms with Gasteiger partial charge in [0.1, 0.15) is 0 Å². The first kappa shape index (κ1) is 14.0. The van der Waals surface area contributed by atoms with Gasteiger partial charge >= 0.3 is 0 Å². The van der Waals surface area contributed by atoms with Gasteiger partial charge in [-0.25, -0.2) is 0 Å². The molecule has 0 aliphatic carbocycles. The van der Waals surface area contributed by atoms with Crippen molar-refractivity contribution in [2.24, 2.45) is 5.41 Å². The van der Waals surface area contributed by atoms with Crippen molar-refractivity contribution in [3.63, 3.8) is 0 Å². The standard InChI is InChI=1S/C12H22N2O3/c1-12(2,3)11(16)14-8-10(15)13-7-9-5-4-6-17-9/h9H,4-8H2,1-3H3,(H,13,15)(H,14,16)/t9-/m1/s1. The minimum Gasteiger partial charge on any atom is -0.376 e. The summed E-state index contributed by atoms with van der Waals surface area (Å²) < 4.78 is 5.38. The Morgan fingerprint density at radius 2 is 2.00 bits per heavy atom. The average molecular weight is 242 g/mol. The molecule has 1 aliphatic rings. The van der Waals surface area contributed by atoms with Crippen molar-refractivity contribution in [1.82, 2.24) is 10.6 Å². The smallest absolute Gasteiger partial charge is 0.239 e. The maximum absolute atomic E-state index is 11.5. The number of hydrogen-bond donors (Lipinski definition) is 2. The van der Waals surface area contributed by atoms with Crippen molar-refractivity contribution in [3.05, 3.63) is 0 Å². The average Bonchev–Trinajstić information content (AvgIpc) is 2.74. The minimum atomic E-state index is -0.463. The van der Waals surface area contributed by atoms with Gasteiger partial charge in [-0.3, -0.25) is 9.59 Å². The number of amides is 2. The van der Waals surface area contributed by atoms with Crippen LogP contribution in [0.15, 0.2) is 0 Å². The zero-order valence-electron chi connectivity index (χ0n) is 10.8. The Morgan fingerprint density at radius 3 is 2.53 bits per heavy atom. The fraction of sp³-hybridized carbons (Fsp3) is 0.833. The molecule has 0 aromatic heterocycles. The van der Waals surface area contributed by atoms with E-state index in [2.05, 4.69) is 10.6 Å². The first-order valence-corrected chi connectivity index (χ1v) is 6.06. The molecule has 2 N–H and O–H groups in total. The molecule has 0 aromatic carbocycles. The van der Waals surface area contributed by atoms with Crippen LogP contribution >= 0.6 is 0 Å². The molecule has 0 saturated carbocycles. The third-order valence-electron chi connectivity index (χ3n) is 2.64. The number of nitrogens with one attached hydrogen (secondary N) is 2. The minimum absolute atomic E-state index is 0.0306. The van der Waals surface area contributed by atoms with Crippen LogP contribution in [-0.4, -0.2) is 37.6 Å². The largest absolute Gasteiger partial charge is 0.376 e. The maximum Gasteiger partial charge on any atom is 0.239 e. The zero-order chi connectivity index (χ0) is 12.9. The number of hydrogen-bond acceptors (Lipinski definition) is 3. The molecule has 2 amide bonds. The first-order chi connectivity index (χ1) is 7.89. The number of carbonyl (C=O) groups is 2. The van der Waals surface area contributed by atoms with E-state index in [-0.39, 0.29) is 24.5 Å². The topological polar surface area (TPSA) is 67.4 Å². The molecular weight excluding hydrogens is 220 g/mol. The molecule has 1 fully saturated rings. The fourth-order valence-corrected chi connectivity index (χ4v) is 1.52. The van der Waals surface area contributed by atoms with Gasteiger partial charge in [0, 0.05) is 18.6 Å². The van der Waals surface area contributed by atoms with E-state index in [1.54, 1.807) is 0 Å². The Hall–Kier alpha value is -1.10. The lowest BCUT2D eigenvalue weighted by atomic mass is 9.96. The second-order valence-corrected chi connectivity index (χ2v) is 5.37. The van der Waals surface area contributed by atoms with E-state index in [0.29, 0.717) is 6.54 Å². The number of carbonyl (C=O) groups excluding carboxylic acids is 2.